The molecule has 0 saturated carbocycles. The third-order valence-corrected chi connectivity index (χ3v) is 3.99. The van der Waals surface area contributed by atoms with Crippen molar-refractivity contribution in [2.24, 2.45) is 0 Å². The van der Waals surface area contributed by atoms with Crippen molar-refractivity contribution in [3.63, 3.8) is 0 Å². The average Bonchev–Trinajstić information content (AvgIpc) is 2.33. The molecule has 0 amide bonds. The van der Waals surface area contributed by atoms with Gasteiger partial charge in [-0.15, -0.1) is 0 Å². The van der Waals surface area contributed by atoms with Crippen molar-refractivity contribution in [3.05, 3.63) is 58.9 Å². The van der Waals surface area contributed by atoms with E-state index in [4.69, 9.17) is 11.6 Å². The van der Waals surface area contributed by atoms with Gasteiger partial charge >= 0.3 is 0 Å². The SMILES string of the molecule is O=S(=O)(Nc1cc(F)ccc1F)c1ccc(Cl)cc1F. The smallest absolute Gasteiger partial charge is 0.264 e. The van der Waals surface area contributed by atoms with E-state index < -0.39 is 38.1 Å². The molecule has 0 unspecified atom stereocenters. The summed E-state index contributed by atoms with van der Waals surface area (Å²) in [5, 5.41) is 0.0124. The quantitative estimate of drug-likeness (QED) is 0.939. The number of benzene rings is 2. The maximum absolute atomic E-state index is 13.6. The Hall–Kier alpha value is -1.73. The minimum atomic E-state index is -4.39. The summed E-state index contributed by atoms with van der Waals surface area (Å²) in [6.45, 7) is 0. The van der Waals surface area contributed by atoms with Gasteiger partial charge in [0.2, 0.25) is 0 Å². The number of sulfonamides is 1. The number of anilines is 1. The van der Waals surface area contributed by atoms with Crippen LogP contribution in [0, 0.1) is 17.5 Å². The summed E-state index contributed by atoms with van der Waals surface area (Å²) in [6, 6.07) is 5.14. The van der Waals surface area contributed by atoms with Crippen LogP contribution >= 0.6 is 11.6 Å². The number of rotatable bonds is 3. The van der Waals surface area contributed by atoms with Gasteiger partial charge in [-0.2, -0.15) is 0 Å². The van der Waals surface area contributed by atoms with Crippen LogP contribution in [0.1, 0.15) is 0 Å². The standard InChI is InChI=1S/C12H7ClF3NO2S/c13-7-1-4-12(10(16)5-7)20(18,19)17-11-6-8(14)2-3-9(11)15/h1-6,17H. The van der Waals surface area contributed by atoms with Gasteiger partial charge < -0.3 is 0 Å². The largest absolute Gasteiger partial charge is 0.276 e. The molecule has 2 aromatic rings. The number of hydrogen-bond acceptors (Lipinski definition) is 2. The number of hydrogen-bond donors (Lipinski definition) is 1. The van der Waals surface area contributed by atoms with Crippen molar-refractivity contribution in [2.45, 2.75) is 4.90 Å². The molecule has 0 heterocycles. The molecule has 2 aromatic carbocycles. The average molecular weight is 322 g/mol. The molecule has 0 spiro atoms. The van der Waals surface area contributed by atoms with Crippen LogP contribution in [0.4, 0.5) is 18.9 Å². The van der Waals surface area contributed by atoms with E-state index in [2.05, 4.69) is 0 Å². The van der Waals surface area contributed by atoms with Gasteiger partial charge in [0.25, 0.3) is 10.0 Å². The van der Waals surface area contributed by atoms with E-state index >= 15 is 0 Å². The monoisotopic (exact) mass is 321 g/mol. The maximum Gasteiger partial charge on any atom is 0.264 e. The number of nitrogens with one attached hydrogen (secondary N) is 1. The van der Waals surface area contributed by atoms with Crippen molar-refractivity contribution in [2.75, 3.05) is 4.72 Å². The Morgan fingerprint density at radius 2 is 1.65 bits per heavy atom. The minimum absolute atomic E-state index is 0.0124. The Bertz CT molecular complexity index is 765. The molecule has 1 N–H and O–H groups in total. The summed E-state index contributed by atoms with van der Waals surface area (Å²) in [6.07, 6.45) is 0. The third kappa shape index (κ3) is 3.05. The highest BCUT2D eigenvalue weighted by molar-refractivity contribution is 7.92. The molecule has 0 aliphatic carbocycles. The first-order valence-corrected chi connectivity index (χ1v) is 7.08. The van der Waals surface area contributed by atoms with Crippen LogP contribution in [0.5, 0.6) is 0 Å². The molecule has 0 aliphatic heterocycles. The summed E-state index contributed by atoms with van der Waals surface area (Å²) in [5.74, 6) is -2.91. The Balaban J connectivity index is 2.43. The minimum Gasteiger partial charge on any atom is -0.276 e. The highest BCUT2D eigenvalue weighted by atomic mass is 35.5. The van der Waals surface area contributed by atoms with Gasteiger partial charge in [-0.25, -0.2) is 21.6 Å². The van der Waals surface area contributed by atoms with E-state index in [-0.39, 0.29) is 5.02 Å². The number of halogens is 4. The van der Waals surface area contributed by atoms with Gasteiger partial charge in [0.1, 0.15) is 22.3 Å². The highest BCUT2D eigenvalue weighted by Crippen LogP contribution is 2.23. The molecule has 0 aromatic heterocycles. The van der Waals surface area contributed by atoms with E-state index in [0.29, 0.717) is 6.07 Å². The topological polar surface area (TPSA) is 46.2 Å². The molecule has 8 heteroatoms. The lowest BCUT2D eigenvalue weighted by molar-refractivity contribution is 0.569. The van der Waals surface area contributed by atoms with Crippen molar-refractivity contribution >= 4 is 27.3 Å². The molecule has 2 rings (SSSR count). The zero-order valence-corrected chi connectivity index (χ0v) is 11.3. The molecular formula is C12H7ClF3NO2S. The molecular weight excluding hydrogens is 315 g/mol. The summed E-state index contributed by atoms with van der Waals surface area (Å²) in [7, 11) is -4.39. The summed E-state index contributed by atoms with van der Waals surface area (Å²) < 4.78 is 65.5. The Morgan fingerprint density at radius 3 is 2.30 bits per heavy atom. The lowest BCUT2D eigenvalue weighted by Gasteiger charge is -2.10. The zero-order valence-electron chi connectivity index (χ0n) is 9.70. The lowest BCUT2D eigenvalue weighted by Crippen LogP contribution is -2.15. The van der Waals surface area contributed by atoms with Crippen molar-refractivity contribution in [1.29, 1.82) is 0 Å². The van der Waals surface area contributed by atoms with Gasteiger partial charge in [-0.05, 0) is 30.3 Å². The summed E-state index contributed by atoms with van der Waals surface area (Å²) in [4.78, 5) is -0.717. The first kappa shape index (κ1) is 14.7. The van der Waals surface area contributed by atoms with Gasteiger partial charge in [-0.1, -0.05) is 11.6 Å². The van der Waals surface area contributed by atoms with Crippen LogP contribution in [0.2, 0.25) is 5.02 Å². The second-order valence-corrected chi connectivity index (χ2v) is 5.89. The van der Waals surface area contributed by atoms with Crippen LogP contribution < -0.4 is 4.72 Å². The summed E-state index contributed by atoms with van der Waals surface area (Å²) in [5.41, 5.74) is -0.612. The molecule has 0 radical (unpaired) electrons. The van der Waals surface area contributed by atoms with E-state index in [1.807, 2.05) is 0 Å². The summed E-state index contributed by atoms with van der Waals surface area (Å²) >= 11 is 5.51. The predicted octanol–water partition coefficient (Wildman–Crippen LogP) is 3.56. The highest BCUT2D eigenvalue weighted by Gasteiger charge is 2.21. The fourth-order valence-corrected chi connectivity index (χ4v) is 2.75. The van der Waals surface area contributed by atoms with Crippen LogP contribution in [-0.2, 0) is 10.0 Å². The fourth-order valence-electron chi connectivity index (χ4n) is 1.47. The Kier molecular flexibility index (Phi) is 3.92. The third-order valence-electron chi connectivity index (χ3n) is 2.36. The Morgan fingerprint density at radius 1 is 0.950 bits per heavy atom. The predicted molar refractivity (Wildman–Crippen MR) is 68.6 cm³/mol. The molecule has 0 fully saturated rings. The second-order valence-electron chi connectivity index (χ2n) is 3.80. The van der Waals surface area contributed by atoms with Crippen molar-refractivity contribution in [3.8, 4) is 0 Å². The van der Waals surface area contributed by atoms with E-state index in [9.17, 15) is 21.6 Å². The Labute approximate surface area is 118 Å². The van der Waals surface area contributed by atoms with Gasteiger partial charge in [-0.3, -0.25) is 4.72 Å². The van der Waals surface area contributed by atoms with Crippen molar-refractivity contribution in [1.82, 2.24) is 0 Å². The van der Waals surface area contributed by atoms with E-state index in [1.54, 1.807) is 4.72 Å². The lowest BCUT2D eigenvalue weighted by atomic mass is 10.3. The first-order valence-electron chi connectivity index (χ1n) is 5.22. The van der Waals surface area contributed by atoms with Crippen LogP contribution in [0.15, 0.2) is 41.3 Å². The van der Waals surface area contributed by atoms with E-state index in [1.165, 1.54) is 6.07 Å². The molecule has 106 valence electrons. The second kappa shape index (κ2) is 5.34. The molecule has 20 heavy (non-hydrogen) atoms. The molecule has 0 atom stereocenters. The molecule has 0 aliphatic rings. The molecule has 0 bridgehead atoms. The van der Waals surface area contributed by atoms with Crippen LogP contribution in [0.25, 0.3) is 0 Å². The van der Waals surface area contributed by atoms with Crippen LogP contribution in [-0.4, -0.2) is 8.42 Å². The van der Waals surface area contributed by atoms with Gasteiger partial charge in [0.15, 0.2) is 0 Å². The maximum atomic E-state index is 13.6. The van der Waals surface area contributed by atoms with Gasteiger partial charge in [0.05, 0.1) is 5.69 Å². The zero-order chi connectivity index (χ0) is 14.9. The normalized spacial score (nSPS) is 11.4. The van der Waals surface area contributed by atoms with Crippen molar-refractivity contribution < 1.29 is 21.6 Å². The fraction of sp³-hybridized carbons (Fsp3) is 0. The molecule has 3 nitrogen and oxygen atoms in total. The molecule has 0 saturated heterocycles. The first-order chi connectivity index (χ1) is 9.29. The van der Waals surface area contributed by atoms with E-state index in [0.717, 1.165) is 24.3 Å². The van der Waals surface area contributed by atoms with Crippen LogP contribution in [0.3, 0.4) is 0 Å². The van der Waals surface area contributed by atoms with Gasteiger partial charge in [0, 0.05) is 11.1 Å².